The second-order valence-electron chi connectivity index (χ2n) is 3.88. The van der Waals surface area contributed by atoms with Crippen molar-refractivity contribution in [1.29, 1.82) is 0 Å². The first-order chi connectivity index (χ1) is 8.93. The third kappa shape index (κ3) is 2.79. The number of benzene rings is 2. The average molecular weight is 344 g/mol. The van der Waals surface area contributed by atoms with Crippen molar-refractivity contribution in [3.05, 3.63) is 58.8 Å². The summed E-state index contributed by atoms with van der Waals surface area (Å²) in [6.07, 6.45) is 0. The molecule has 0 unspecified atom stereocenters. The largest absolute Gasteiger partial charge is 0.268 e. The van der Waals surface area contributed by atoms with Crippen molar-refractivity contribution in [2.75, 3.05) is 11.4 Å². The van der Waals surface area contributed by atoms with Gasteiger partial charge in [0, 0.05) is 11.5 Å². The fourth-order valence-corrected chi connectivity index (χ4v) is 3.48. The highest BCUT2D eigenvalue weighted by Gasteiger charge is 2.22. The van der Waals surface area contributed by atoms with Crippen molar-refractivity contribution in [3.63, 3.8) is 0 Å². The summed E-state index contributed by atoms with van der Waals surface area (Å²) in [6, 6.07) is 11.7. The number of hydrogen-bond acceptors (Lipinski definition) is 2. The van der Waals surface area contributed by atoms with Gasteiger partial charge < -0.3 is 0 Å². The highest BCUT2D eigenvalue weighted by molar-refractivity contribution is 9.10. The van der Waals surface area contributed by atoms with Crippen molar-refractivity contribution >= 4 is 31.6 Å². The molecule has 2 rings (SSSR count). The number of anilines is 1. The Bertz CT molecular complexity index is 686. The molecular weight excluding hydrogens is 333 g/mol. The van der Waals surface area contributed by atoms with E-state index in [0.29, 0.717) is 10.2 Å². The van der Waals surface area contributed by atoms with Crippen molar-refractivity contribution in [2.24, 2.45) is 0 Å². The van der Waals surface area contributed by atoms with E-state index in [-0.39, 0.29) is 4.90 Å². The smallest absolute Gasteiger partial charge is 0.264 e. The second-order valence-corrected chi connectivity index (χ2v) is 6.70. The topological polar surface area (TPSA) is 37.4 Å². The van der Waals surface area contributed by atoms with E-state index < -0.39 is 15.8 Å². The molecule has 0 radical (unpaired) electrons. The summed E-state index contributed by atoms with van der Waals surface area (Å²) in [4.78, 5) is 0.0483. The van der Waals surface area contributed by atoms with E-state index in [0.717, 1.165) is 16.4 Å². The van der Waals surface area contributed by atoms with Crippen molar-refractivity contribution in [3.8, 4) is 0 Å². The molecule has 0 saturated heterocycles. The number of halogens is 2. The molecule has 2 aromatic carbocycles. The fraction of sp³-hybridized carbons (Fsp3) is 0.0769. The lowest BCUT2D eigenvalue weighted by atomic mass is 10.3. The maximum absolute atomic E-state index is 12.8. The summed E-state index contributed by atoms with van der Waals surface area (Å²) in [7, 11) is -2.24. The molecule has 0 aliphatic carbocycles. The first-order valence-electron chi connectivity index (χ1n) is 5.42. The molecule has 0 aromatic heterocycles. The lowest BCUT2D eigenvalue weighted by Crippen LogP contribution is -2.26. The lowest BCUT2D eigenvalue weighted by Gasteiger charge is -2.20. The molecule has 0 saturated carbocycles. The molecule has 0 amide bonds. The van der Waals surface area contributed by atoms with Crippen molar-refractivity contribution < 1.29 is 12.8 Å². The molecule has 0 heterocycles. The van der Waals surface area contributed by atoms with E-state index in [1.165, 1.54) is 19.2 Å². The molecule has 0 aliphatic heterocycles. The van der Waals surface area contributed by atoms with Crippen LogP contribution in [0.3, 0.4) is 0 Å². The molecule has 0 bridgehead atoms. The van der Waals surface area contributed by atoms with Gasteiger partial charge in [-0.2, -0.15) is 0 Å². The molecule has 19 heavy (non-hydrogen) atoms. The summed E-state index contributed by atoms with van der Waals surface area (Å²) in [6.45, 7) is 0. The van der Waals surface area contributed by atoms with Crippen LogP contribution in [0, 0.1) is 5.82 Å². The van der Waals surface area contributed by atoms with E-state index in [1.807, 2.05) is 0 Å². The molecule has 0 N–H and O–H groups in total. The minimum absolute atomic E-state index is 0.0483. The summed E-state index contributed by atoms with van der Waals surface area (Å²) in [5, 5.41) is 0. The highest BCUT2D eigenvalue weighted by atomic mass is 79.9. The number of rotatable bonds is 3. The van der Waals surface area contributed by atoms with Gasteiger partial charge in [-0.1, -0.05) is 12.1 Å². The maximum Gasteiger partial charge on any atom is 0.264 e. The standard InChI is InChI=1S/C13H11BrFNO2S/c1-16(13-5-3-2-4-12(13)14)19(17,18)11-8-6-10(15)7-9-11/h2-9H,1H3. The molecule has 6 heteroatoms. The second kappa shape index (κ2) is 5.30. The van der Waals surface area contributed by atoms with E-state index in [4.69, 9.17) is 0 Å². The Hall–Kier alpha value is -1.40. The summed E-state index contributed by atoms with van der Waals surface area (Å²) >= 11 is 3.31. The quantitative estimate of drug-likeness (QED) is 0.856. The zero-order valence-corrected chi connectivity index (χ0v) is 12.4. The van der Waals surface area contributed by atoms with Gasteiger partial charge in [0.25, 0.3) is 10.0 Å². The Morgan fingerprint density at radius 1 is 1.05 bits per heavy atom. The summed E-state index contributed by atoms with van der Waals surface area (Å²) < 4.78 is 39.4. The molecule has 2 aromatic rings. The molecule has 0 aliphatic rings. The number of hydrogen-bond donors (Lipinski definition) is 0. The minimum Gasteiger partial charge on any atom is -0.268 e. The van der Waals surface area contributed by atoms with Crippen LogP contribution in [0.5, 0.6) is 0 Å². The minimum atomic E-state index is -3.69. The monoisotopic (exact) mass is 343 g/mol. The number of sulfonamides is 1. The first-order valence-corrected chi connectivity index (χ1v) is 7.65. The van der Waals surface area contributed by atoms with Gasteiger partial charge in [-0.3, -0.25) is 4.31 Å². The van der Waals surface area contributed by atoms with E-state index in [2.05, 4.69) is 15.9 Å². The average Bonchev–Trinajstić information content (AvgIpc) is 2.39. The van der Waals surface area contributed by atoms with E-state index in [9.17, 15) is 12.8 Å². The Labute approximate surface area is 119 Å². The lowest BCUT2D eigenvalue weighted by molar-refractivity contribution is 0.593. The fourth-order valence-electron chi connectivity index (χ4n) is 1.60. The maximum atomic E-state index is 12.8. The van der Waals surface area contributed by atoms with Crippen molar-refractivity contribution in [2.45, 2.75) is 4.90 Å². The molecule has 0 spiro atoms. The van der Waals surface area contributed by atoms with Gasteiger partial charge in [0.15, 0.2) is 0 Å². The van der Waals surface area contributed by atoms with Crippen LogP contribution in [-0.4, -0.2) is 15.5 Å². The third-order valence-electron chi connectivity index (χ3n) is 2.66. The highest BCUT2D eigenvalue weighted by Crippen LogP contribution is 2.29. The van der Waals surface area contributed by atoms with Crippen LogP contribution >= 0.6 is 15.9 Å². The van der Waals surface area contributed by atoms with Crippen LogP contribution in [0.4, 0.5) is 10.1 Å². The zero-order chi connectivity index (χ0) is 14.0. The summed E-state index contributed by atoms with van der Waals surface area (Å²) in [5.41, 5.74) is 0.520. The Balaban J connectivity index is 2.45. The van der Waals surface area contributed by atoms with Gasteiger partial charge >= 0.3 is 0 Å². The molecular formula is C13H11BrFNO2S. The predicted molar refractivity (Wildman–Crippen MR) is 76.1 cm³/mol. The predicted octanol–water partition coefficient (Wildman–Crippen LogP) is 3.41. The number of para-hydroxylation sites is 1. The van der Waals surface area contributed by atoms with Crippen LogP contribution in [-0.2, 0) is 10.0 Å². The van der Waals surface area contributed by atoms with E-state index >= 15 is 0 Å². The molecule has 0 fully saturated rings. The van der Waals surface area contributed by atoms with Crippen LogP contribution in [0.2, 0.25) is 0 Å². The van der Waals surface area contributed by atoms with Crippen LogP contribution in [0.15, 0.2) is 57.9 Å². The third-order valence-corrected chi connectivity index (χ3v) is 5.12. The molecule has 3 nitrogen and oxygen atoms in total. The summed E-state index contributed by atoms with van der Waals surface area (Å²) in [5.74, 6) is -0.470. The van der Waals surface area contributed by atoms with Crippen LogP contribution in [0.25, 0.3) is 0 Å². The zero-order valence-electron chi connectivity index (χ0n) is 10.0. The van der Waals surface area contributed by atoms with Gasteiger partial charge in [0.05, 0.1) is 10.6 Å². The number of nitrogens with zero attached hydrogens (tertiary/aromatic N) is 1. The molecule has 100 valence electrons. The van der Waals surface area contributed by atoms with Crippen molar-refractivity contribution in [1.82, 2.24) is 0 Å². The molecule has 0 atom stereocenters. The van der Waals surface area contributed by atoms with Gasteiger partial charge in [-0.25, -0.2) is 12.8 Å². The van der Waals surface area contributed by atoms with Crippen LogP contribution < -0.4 is 4.31 Å². The Morgan fingerprint density at radius 3 is 2.21 bits per heavy atom. The SMILES string of the molecule is CN(c1ccccc1Br)S(=O)(=O)c1ccc(F)cc1. The van der Waals surface area contributed by atoms with Gasteiger partial charge in [-0.15, -0.1) is 0 Å². The Kier molecular flexibility index (Phi) is 3.91. The van der Waals surface area contributed by atoms with E-state index in [1.54, 1.807) is 24.3 Å². The van der Waals surface area contributed by atoms with Gasteiger partial charge in [0.1, 0.15) is 5.82 Å². The Morgan fingerprint density at radius 2 is 1.63 bits per heavy atom. The van der Waals surface area contributed by atoms with Crippen LogP contribution in [0.1, 0.15) is 0 Å². The first kappa shape index (κ1) is 14.0. The van der Waals surface area contributed by atoms with Gasteiger partial charge in [-0.05, 0) is 52.3 Å². The van der Waals surface area contributed by atoms with Gasteiger partial charge in [0.2, 0.25) is 0 Å². The normalized spacial score (nSPS) is 11.3.